The van der Waals surface area contributed by atoms with Gasteiger partial charge in [-0.3, -0.25) is 4.79 Å². The van der Waals surface area contributed by atoms with Crippen molar-refractivity contribution in [3.05, 3.63) is 23.1 Å². The molecule has 0 amide bonds. The van der Waals surface area contributed by atoms with Crippen LogP contribution in [0.5, 0.6) is 0 Å². The van der Waals surface area contributed by atoms with Gasteiger partial charge in [-0.25, -0.2) is 0 Å². The SMILES string of the molecule is CC(CCC(=O)O)SCc1ccc(Cl)o1. The first-order valence-electron chi connectivity index (χ1n) is 4.65. The maximum absolute atomic E-state index is 10.3. The Morgan fingerprint density at radius 1 is 1.67 bits per heavy atom. The summed E-state index contributed by atoms with van der Waals surface area (Å²) in [5.41, 5.74) is 0. The number of hydrogen-bond acceptors (Lipinski definition) is 3. The molecule has 1 atom stereocenters. The molecule has 1 unspecified atom stereocenters. The van der Waals surface area contributed by atoms with Gasteiger partial charge in [-0.15, -0.1) is 0 Å². The van der Waals surface area contributed by atoms with E-state index in [1.54, 1.807) is 17.8 Å². The summed E-state index contributed by atoms with van der Waals surface area (Å²) >= 11 is 7.29. The molecule has 84 valence electrons. The van der Waals surface area contributed by atoms with Gasteiger partial charge in [0, 0.05) is 11.7 Å². The first-order chi connectivity index (χ1) is 7.08. The lowest BCUT2D eigenvalue weighted by atomic mass is 10.2. The van der Waals surface area contributed by atoms with Crippen LogP contribution in [0.1, 0.15) is 25.5 Å². The van der Waals surface area contributed by atoms with Crippen LogP contribution in [0.15, 0.2) is 16.5 Å². The van der Waals surface area contributed by atoms with Crippen molar-refractivity contribution in [2.24, 2.45) is 0 Å². The minimum absolute atomic E-state index is 0.215. The molecule has 0 saturated carbocycles. The first kappa shape index (κ1) is 12.5. The molecular formula is C10H13ClO3S. The summed E-state index contributed by atoms with van der Waals surface area (Å²) in [6, 6.07) is 3.54. The zero-order chi connectivity index (χ0) is 11.3. The standard InChI is InChI=1S/C10H13ClO3S/c1-7(2-5-10(12)13)15-6-8-3-4-9(11)14-8/h3-4,7H,2,5-6H2,1H3,(H,12,13). The summed E-state index contributed by atoms with van der Waals surface area (Å²) in [7, 11) is 0. The van der Waals surface area contributed by atoms with E-state index in [2.05, 4.69) is 0 Å². The normalized spacial score (nSPS) is 12.7. The molecule has 1 aromatic heterocycles. The van der Waals surface area contributed by atoms with Gasteiger partial charge in [0.05, 0.1) is 5.75 Å². The number of furan rings is 1. The zero-order valence-electron chi connectivity index (χ0n) is 8.40. The molecule has 0 aliphatic carbocycles. The van der Waals surface area contributed by atoms with E-state index in [1.807, 2.05) is 13.0 Å². The number of thioether (sulfide) groups is 1. The minimum atomic E-state index is -0.747. The third kappa shape index (κ3) is 5.14. The van der Waals surface area contributed by atoms with Gasteiger partial charge in [-0.1, -0.05) is 6.92 Å². The van der Waals surface area contributed by atoms with Crippen LogP contribution in [0.3, 0.4) is 0 Å². The topological polar surface area (TPSA) is 50.4 Å². The molecule has 3 nitrogen and oxygen atoms in total. The van der Waals surface area contributed by atoms with Gasteiger partial charge in [0.1, 0.15) is 5.76 Å². The fraction of sp³-hybridized carbons (Fsp3) is 0.500. The monoisotopic (exact) mass is 248 g/mol. The molecule has 5 heteroatoms. The first-order valence-corrected chi connectivity index (χ1v) is 6.08. The Labute approximate surface area is 97.8 Å². The second kappa shape index (κ2) is 6.08. The Kier molecular flexibility index (Phi) is 5.05. The molecule has 1 rings (SSSR count). The van der Waals surface area contributed by atoms with Crippen molar-refractivity contribution in [1.82, 2.24) is 0 Å². The van der Waals surface area contributed by atoms with Gasteiger partial charge in [-0.2, -0.15) is 11.8 Å². The molecule has 0 aliphatic heterocycles. The lowest BCUT2D eigenvalue weighted by Crippen LogP contribution is -2.02. The smallest absolute Gasteiger partial charge is 0.303 e. The second-order valence-electron chi connectivity index (χ2n) is 3.26. The molecule has 1 aromatic rings. The molecule has 1 heterocycles. The number of carbonyl (C=O) groups is 1. The average Bonchev–Trinajstić information content (AvgIpc) is 2.58. The number of aliphatic carboxylic acids is 1. The molecule has 0 spiro atoms. The van der Waals surface area contributed by atoms with E-state index in [0.717, 1.165) is 11.5 Å². The average molecular weight is 249 g/mol. The van der Waals surface area contributed by atoms with Crippen molar-refractivity contribution in [1.29, 1.82) is 0 Å². The molecule has 1 N–H and O–H groups in total. The van der Waals surface area contributed by atoms with E-state index in [4.69, 9.17) is 21.1 Å². The number of hydrogen-bond donors (Lipinski definition) is 1. The van der Waals surface area contributed by atoms with E-state index >= 15 is 0 Å². The summed E-state index contributed by atoms with van der Waals surface area (Å²) in [6.07, 6.45) is 0.890. The highest BCUT2D eigenvalue weighted by Gasteiger charge is 2.07. The van der Waals surface area contributed by atoms with Crippen LogP contribution in [-0.2, 0) is 10.5 Å². The van der Waals surface area contributed by atoms with Crippen LogP contribution in [0.2, 0.25) is 5.22 Å². The summed E-state index contributed by atoms with van der Waals surface area (Å²) in [5.74, 6) is 0.809. The molecule has 0 aromatic carbocycles. The predicted octanol–water partition coefficient (Wildman–Crippen LogP) is 3.42. The van der Waals surface area contributed by atoms with Crippen molar-refractivity contribution < 1.29 is 14.3 Å². The van der Waals surface area contributed by atoms with Crippen molar-refractivity contribution in [3.8, 4) is 0 Å². The lowest BCUT2D eigenvalue weighted by Gasteiger charge is -2.07. The molecule has 0 fully saturated rings. The van der Waals surface area contributed by atoms with Gasteiger partial charge < -0.3 is 9.52 Å². The quantitative estimate of drug-likeness (QED) is 0.838. The molecule has 0 bridgehead atoms. The Morgan fingerprint density at radius 2 is 2.40 bits per heavy atom. The predicted molar refractivity (Wildman–Crippen MR) is 61.3 cm³/mol. The Morgan fingerprint density at radius 3 is 2.93 bits per heavy atom. The van der Waals surface area contributed by atoms with Crippen LogP contribution < -0.4 is 0 Å². The number of rotatable bonds is 6. The van der Waals surface area contributed by atoms with Crippen LogP contribution >= 0.6 is 23.4 Å². The fourth-order valence-corrected chi connectivity index (χ4v) is 2.11. The Balaban J connectivity index is 2.22. The van der Waals surface area contributed by atoms with E-state index in [1.165, 1.54) is 0 Å². The van der Waals surface area contributed by atoms with Gasteiger partial charge >= 0.3 is 5.97 Å². The second-order valence-corrected chi connectivity index (χ2v) is 5.06. The van der Waals surface area contributed by atoms with Crippen LogP contribution in [-0.4, -0.2) is 16.3 Å². The van der Waals surface area contributed by atoms with Gasteiger partial charge in [0.2, 0.25) is 0 Å². The van der Waals surface area contributed by atoms with Crippen LogP contribution in [0.4, 0.5) is 0 Å². The highest BCUT2D eigenvalue weighted by atomic mass is 35.5. The third-order valence-corrected chi connectivity index (χ3v) is 3.36. The van der Waals surface area contributed by atoms with Crippen molar-refractivity contribution in [2.75, 3.05) is 0 Å². The Hall–Kier alpha value is -0.610. The fourth-order valence-electron chi connectivity index (χ4n) is 1.06. The van der Waals surface area contributed by atoms with Crippen molar-refractivity contribution >= 4 is 29.3 Å². The zero-order valence-corrected chi connectivity index (χ0v) is 9.98. The Bertz CT molecular complexity index is 324. The van der Waals surface area contributed by atoms with Gasteiger partial charge in [0.15, 0.2) is 5.22 Å². The number of halogens is 1. The van der Waals surface area contributed by atoms with E-state index in [0.29, 0.717) is 16.9 Å². The van der Waals surface area contributed by atoms with Crippen LogP contribution in [0, 0.1) is 0 Å². The van der Waals surface area contributed by atoms with E-state index in [9.17, 15) is 4.79 Å². The van der Waals surface area contributed by atoms with Crippen molar-refractivity contribution in [2.45, 2.75) is 30.8 Å². The maximum atomic E-state index is 10.3. The molecule has 0 saturated heterocycles. The summed E-state index contributed by atoms with van der Waals surface area (Å²) in [5, 5.41) is 9.21. The van der Waals surface area contributed by atoms with Gasteiger partial charge in [0.25, 0.3) is 0 Å². The lowest BCUT2D eigenvalue weighted by molar-refractivity contribution is -0.137. The highest BCUT2D eigenvalue weighted by molar-refractivity contribution is 7.99. The van der Waals surface area contributed by atoms with E-state index < -0.39 is 5.97 Å². The highest BCUT2D eigenvalue weighted by Crippen LogP contribution is 2.23. The van der Waals surface area contributed by atoms with E-state index in [-0.39, 0.29) is 6.42 Å². The molecule has 0 radical (unpaired) electrons. The number of carboxylic acids is 1. The summed E-state index contributed by atoms with van der Waals surface area (Å²) in [4.78, 5) is 10.3. The van der Waals surface area contributed by atoms with Gasteiger partial charge in [-0.05, 0) is 30.2 Å². The molecular weight excluding hydrogens is 236 g/mol. The summed E-state index contributed by atoms with van der Waals surface area (Å²) in [6.45, 7) is 2.01. The summed E-state index contributed by atoms with van der Waals surface area (Å²) < 4.78 is 5.19. The van der Waals surface area contributed by atoms with Crippen molar-refractivity contribution in [3.63, 3.8) is 0 Å². The molecule has 0 aliphatic rings. The third-order valence-electron chi connectivity index (χ3n) is 1.90. The molecule has 15 heavy (non-hydrogen) atoms. The largest absolute Gasteiger partial charge is 0.481 e. The minimum Gasteiger partial charge on any atom is -0.481 e. The number of carboxylic acid groups (broad SMARTS) is 1. The maximum Gasteiger partial charge on any atom is 0.303 e. The van der Waals surface area contributed by atoms with Crippen LogP contribution in [0.25, 0.3) is 0 Å².